The van der Waals surface area contributed by atoms with E-state index in [0.29, 0.717) is 0 Å². The highest BCUT2D eigenvalue weighted by molar-refractivity contribution is 6.91. The number of hydrogen-bond acceptors (Lipinski definition) is 4. The Labute approximate surface area is 97.3 Å². The van der Waals surface area contributed by atoms with Crippen molar-refractivity contribution < 1.29 is 39.6 Å². The molecule has 90 valence electrons. The maximum absolute atomic E-state index is 10.7. The van der Waals surface area contributed by atoms with E-state index in [9.17, 15) is 19.2 Å². The highest BCUT2D eigenvalue weighted by Gasteiger charge is 2.33. The van der Waals surface area contributed by atoms with Gasteiger partial charge < -0.3 is 20.4 Å². The zero-order valence-electron chi connectivity index (χ0n) is 8.70. The molecule has 0 aromatic rings. The summed E-state index contributed by atoms with van der Waals surface area (Å²) in [6.45, 7) is 0. The minimum atomic E-state index is -1.45. The quantitative estimate of drug-likeness (QED) is 0.368. The van der Waals surface area contributed by atoms with Crippen LogP contribution in [-0.2, 0) is 9.59 Å². The van der Waals surface area contributed by atoms with E-state index in [1.54, 1.807) is 0 Å². The van der Waals surface area contributed by atoms with Crippen molar-refractivity contribution in [2.45, 2.75) is 11.4 Å². The van der Waals surface area contributed by atoms with Gasteiger partial charge in [0, 0.05) is 11.4 Å². The van der Waals surface area contributed by atoms with Crippen molar-refractivity contribution in [3.05, 3.63) is 0 Å². The number of rotatable bonds is 8. The average molecular weight is 242 g/mol. The van der Waals surface area contributed by atoms with Crippen LogP contribution < -0.4 is 0 Å². The Kier molecular flexibility index (Phi) is 5.86. The second kappa shape index (κ2) is 6.61. The zero-order chi connectivity index (χ0) is 13.6. The summed E-state index contributed by atoms with van der Waals surface area (Å²) >= 11 is 0. The summed E-state index contributed by atoms with van der Waals surface area (Å²) < 4.78 is 0. The Balaban J connectivity index is 4.67. The molecule has 8 nitrogen and oxygen atoms in total. The van der Waals surface area contributed by atoms with Gasteiger partial charge in [0.05, 0.1) is 0 Å². The van der Waals surface area contributed by atoms with E-state index in [4.69, 9.17) is 20.4 Å². The van der Waals surface area contributed by atoms with Gasteiger partial charge in [0.15, 0.2) is 0 Å². The van der Waals surface area contributed by atoms with Crippen molar-refractivity contribution in [1.29, 1.82) is 0 Å². The standard InChI is InChI=1S/C6H9B3O8/c10-3(11)1(8-5(14)15)7-2(4(12)13)9-6(16)17/h1-2,7-9H,(H,10,11)(H,12,13)(H,14,15)(H,16,17). The van der Waals surface area contributed by atoms with Gasteiger partial charge in [0.25, 0.3) is 26.5 Å². The van der Waals surface area contributed by atoms with Gasteiger partial charge in [-0.05, 0) is 0 Å². The van der Waals surface area contributed by atoms with Crippen LogP contribution in [-0.4, -0.2) is 65.9 Å². The second-order valence-electron chi connectivity index (χ2n) is 3.50. The smallest absolute Gasteiger partial charge is 0.291 e. The van der Waals surface area contributed by atoms with Crippen LogP contribution in [0, 0.1) is 0 Å². The molecule has 4 N–H and O–H groups in total. The van der Waals surface area contributed by atoms with Crippen molar-refractivity contribution in [3.63, 3.8) is 0 Å². The van der Waals surface area contributed by atoms with E-state index in [0.717, 1.165) is 0 Å². The fourth-order valence-electron chi connectivity index (χ4n) is 1.31. The SMILES string of the molecule is O=C(O)BC(BC(BC(=O)O)C(=O)O)C(=O)O. The lowest BCUT2D eigenvalue weighted by Gasteiger charge is -2.11. The first-order valence-electron chi connectivity index (χ1n) is 4.63. The first-order chi connectivity index (χ1) is 7.73. The fourth-order valence-corrected chi connectivity index (χ4v) is 1.31. The minimum absolute atomic E-state index is 0.525. The van der Waals surface area contributed by atoms with Crippen LogP contribution in [0.3, 0.4) is 0 Å². The molecule has 11 heteroatoms. The van der Waals surface area contributed by atoms with Gasteiger partial charge in [-0.1, -0.05) is 0 Å². The Bertz CT molecular complexity index is 310. The van der Waals surface area contributed by atoms with Crippen LogP contribution >= 0.6 is 0 Å². The Hall–Kier alpha value is -1.93. The molecule has 0 fully saturated rings. The number of carbonyl (C=O) groups is 4. The second-order valence-corrected chi connectivity index (χ2v) is 3.50. The van der Waals surface area contributed by atoms with E-state index in [-0.39, 0.29) is 0 Å². The maximum atomic E-state index is 10.7. The lowest BCUT2D eigenvalue weighted by molar-refractivity contribution is -0.135. The molecule has 0 heterocycles. The third-order valence-corrected chi connectivity index (χ3v) is 2.11. The largest absolute Gasteiger partial charge is 0.489 e. The monoisotopic (exact) mass is 242 g/mol. The number of carboxylic acids is 2. The first-order valence-corrected chi connectivity index (χ1v) is 4.63. The Morgan fingerprint density at radius 3 is 1.18 bits per heavy atom. The van der Waals surface area contributed by atoms with Crippen molar-refractivity contribution >= 4 is 45.5 Å². The highest BCUT2D eigenvalue weighted by Crippen LogP contribution is 2.12. The summed E-state index contributed by atoms with van der Waals surface area (Å²) in [6, 6.07) is 0. The van der Waals surface area contributed by atoms with E-state index in [1.807, 2.05) is 0 Å². The molecule has 0 aliphatic rings. The van der Waals surface area contributed by atoms with E-state index < -0.39 is 56.9 Å². The minimum Gasteiger partial charge on any atom is -0.489 e. The fraction of sp³-hybridized carbons (Fsp3) is 0.333. The summed E-state index contributed by atoms with van der Waals surface area (Å²) in [6.07, 6.45) is 0. The lowest BCUT2D eigenvalue weighted by Crippen LogP contribution is -2.34. The summed E-state index contributed by atoms with van der Waals surface area (Å²) in [7, 11) is -2.00. The normalized spacial score (nSPS) is 12.9. The van der Waals surface area contributed by atoms with Crippen LogP contribution in [0.25, 0.3) is 0 Å². The molecule has 0 aromatic heterocycles. The van der Waals surface area contributed by atoms with E-state index in [1.165, 1.54) is 0 Å². The zero-order valence-corrected chi connectivity index (χ0v) is 8.70. The van der Waals surface area contributed by atoms with E-state index in [2.05, 4.69) is 0 Å². The van der Waals surface area contributed by atoms with Crippen LogP contribution in [0.2, 0.25) is 11.4 Å². The highest BCUT2D eigenvalue weighted by atomic mass is 16.4. The molecule has 17 heavy (non-hydrogen) atoms. The molecule has 0 saturated carbocycles. The molecule has 2 unspecified atom stereocenters. The third kappa shape index (κ3) is 6.28. The Morgan fingerprint density at radius 2 is 1.00 bits per heavy atom. The molecule has 0 aliphatic heterocycles. The van der Waals surface area contributed by atoms with Crippen LogP contribution in [0.4, 0.5) is 9.59 Å². The molecule has 0 spiro atoms. The maximum Gasteiger partial charge on any atom is 0.291 e. The van der Waals surface area contributed by atoms with Crippen molar-refractivity contribution in [1.82, 2.24) is 0 Å². The van der Waals surface area contributed by atoms with Crippen molar-refractivity contribution in [3.8, 4) is 0 Å². The predicted octanol–water partition coefficient (Wildman–Crippen LogP) is -1.69. The molecular formula is C6H9B3O8. The summed E-state index contributed by atoms with van der Waals surface area (Å²) in [5.74, 6) is -5.66. The molecule has 0 rings (SSSR count). The topological polar surface area (TPSA) is 149 Å². The summed E-state index contributed by atoms with van der Waals surface area (Å²) in [4.78, 5) is 42.1. The molecule has 0 saturated heterocycles. The number of hydrogen-bond donors (Lipinski definition) is 4. The molecule has 0 bridgehead atoms. The van der Waals surface area contributed by atoms with Gasteiger partial charge in [0.2, 0.25) is 11.7 Å². The molecule has 2 atom stereocenters. The third-order valence-electron chi connectivity index (χ3n) is 2.11. The van der Waals surface area contributed by atoms with Crippen LogP contribution in [0.5, 0.6) is 0 Å². The van der Waals surface area contributed by atoms with Gasteiger partial charge in [0.1, 0.15) is 7.28 Å². The molecule has 0 radical (unpaired) electrons. The van der Waals surface area contributed by atoms with Crippen molar-refractivity contribution in [2.75, 3.05) is 0 Å². The van der Waals surface area contributed by atoms with Gasteiger partial charge in [-0.25, -0.2) is 0 Å². The van der Waals surface area contributed by atoms with Gasteiger partial charge in [-0.2, -0.15) is 0 Å². The summed E-state index contributed by atoms with van der Waals surface area (Å²) in [5.41, 5.74) is -2.82. The first kappa shape index (κ1) is 15.1. The average Bonchev–Trinajstić information content (AvgIpc) is 2.13. The number of carboxylic acid groups (broad SMARTS) is 4. The molecule has 0 aliphatic carbocycles. The van der Waals surface area contributed by atoms with Gasteiger partial charge in [-0.15, -0.1) is 0 Å². The van der Waals surface area contributed by atoms with Crippen molar-refractivity contribution in [2.24, 2.45) is 0 Å². The Morgan fingerprint density at radius 1 is 0.706 bits per heavy atom. The van der Waals surface area contributed by atoms with Gasteiger partial charge >= 0.3 is 0 Å². The molecule has 0 amide bonds. The van der Waals surface area contributed by atoms with Crippen LogP contribution in [0.15, 0.2) is 0 Å². The van der Waals surface area contributed by atoms with Crippen LogP contribution in [0.1, 0.15) is 0 Å². The summed E-state index contributed by atoms with van der Waals surface area (Å²) in [5, 5.41) is 34.2. The number of aliphatic carboxylic acids is 2. The molecule has 0 aromatic carbocycles. The lowest BCUT2D eigenvalue weighted by atomic mass is 9.33. The predicted molar refractivity (Wildman–Crippen MR) is 60.3 cm³/mol. The van der Waals surface area contributed by atoms with E-state index >= 15 is 0 Å². The molecular weight excluding hydrogens is 232 g/mol. The van der Waals surface area contributed by atoms with Gasteiger partial charge in [-0.3, -0.25) is 19.2 Å².